The number of carbonyl (C=O) groups is 1. The molecule has 0 saturated carbocycles. The van der Waals surface area contributed by atoms with Crippen LogP contribution in [0.3, 0.4) is 0 Å². The van der Waals surface area contributed by atoms with Crippen LogP contribution in [-0.2, 0) is 9.53 Å². The summed E-state index contributed by atoms with van der Waals surface area (Å²) < 4.78 is 16.0. The van der Waals surface area contributed by atoms with Crippen molar-refractivity contribution in [2.45, 2.75) is 12.0 Å². The second kappa shape index (κ2) is 8.03. The van der Waals surface area contributed by atoms with Gasteiger partial charge in [-0.25, -0.2) is 0 Å². The van der Waals surface area contributed by atoms with E-state index in [0.29, 0.717) is 45.0 Å². The smallest absolute Gasteiger partial charge is 0.260 e. The SMILES string of the molecule is COc1ccc(OCC(=O)N2CC[C@@](O)(CN3CCOCC3)C2)cc1. The number of amides is 1. The summed E-state index contributed by atoms with van der Waals surface area (Å²) in [5.41, 5.74) is -0.840. The maximum absolute atomic E-state index is 12.4. The third-order valence-electron chi connectivity index (χ3n) is 4.73. The Morgan fingerprint density at radius 2 is 1.88 bits per heavy atom. The van der Waals surface area contributed by atoms with Crippen molar-refractivity contribution in [1.29, 1.82) is 0 Å². The number of ether oxygens (including phenoxy) is 3. The van der Waals surface area contributed by atoms with Crippen molar-refractivity contribution < 1.29 is 24.1 Å². The molecule has 0 aromatic heterocycles. The molecule has 25 heavy (non-hydrogen) atoms. The van der Waals surface area contributed by atoms with Crippen molar-refractivity contribution in [2.75, 3.05) is 59.7 Å². The third kappa shape index (κ3) is 4.84. The molecule has 1 amide bonds. The van der Waals surface area contributed by atoms with E-state index in [2.05, 4.69) is 4.90 Å². The summed E-state index contributed by atoms with van der Waals surface area (Å²) in [7, 11) is 1.60. The first-order valence-electron chi connectivity index (χ1n) is 8.65. The first-order valence-corrected chi connectivity index (χ1v) is 8.65. The molecule has 1 aromatic rings. The molecule has 0 unspecified atom stereocenters. The molecule has 1 aromatic carbocycles. The number of rotatable bonds is 6. The van der Waals surface area contributed by atoms with Crippen LogP contribution in [0.1, 0.15) is 6.42 Å². The van der Waals surface area contributed by atoms with E-state index in [1.54, 1.807) is 36.3 Å². The third-order valence-corrected chi connectivity index (χ3v) is 4.73. The highest BCUT2D eigenvalue weighted by atomic mass is 16.5. The van der Waals surface area contributed by atoms with E-state index in [0.717, 1.165) is 18.8 Å². The number of hydrogen-bond acceptors (Lipinski definition) is 6. The number of nitrogens with zero attached hydrogens (tertiary/aromatic N) is 2. The summed E-state index contributed by atoms with van der Waals surface area (Å²) in [6, 6.07) is 7.11. The van der Waals surface area contributed by atoms with Crippen LogP contribution >= 0.6 is 0 Å². The number of β-amino-alcohol motifs (C(OH)–C–C–N with tert-alkyl or cyclic N) is 1. The van der Waals surface area contributed by atoms with Crippen LogP contribution in [-0.4, -0.2) is 86.1 Å². The van der Waals surface area contributed by atoms with Gasteiger partial charge < -0.3 is 24.2 Å². The maximum Gasteiger partial charge on any atom is 0.260 e. The van der Waals surface area contributed by atoms with Gasteiger partial charge in [-0.2, -0.15) is 0 Å². The zero-order valence-corrected chi connectivity index (χ0v) is 14.6. The molecule has 1 N–H and O–H groups in total. The fraction of sp³-hybridized carbons (Fsp3) is 0.611. The van der Waals surface area contributed by atoms with E-state index in [9.17, 15) is 9.90 Å². The van der Waals surface area contributed by atoms with E-state index >= 15 is 0 Å². The molecule has 0 aliphatic carbocycles. The molecule has 3 rings (SSSR count). The highest BCUT2D eigenvalue weighted by molar-refractivity contribution is 5.78. The molecule has 0 spiro atoms. The second-order valence-electron chi connectivity index (χ2n) is 6.64. The number of morpholine rings is 1. The van der Waals surface area contributed by atoms with E-state index in [1.807, 2.05) is 0 Å². The Kier molecular flexibility index (Phi) is 5.78. The van der Waals surface area contributed by atoms with Crippen LogP contribution in [0.4, 0.5) is 0 Å². The summed E-state index contributed by atoms with van der Waals surface area (Å²) in [5.74, 6) is 1.26. The van der Waals surface area contributed by atoms with Crippen molar-refractivity contribution >= 4 is 5.91 Å². The molecular weight excluding hydrogens is 324 g/mol. The minimum absolute atomic E-state index is 0.0278. The summed E-state index contributed by atoms with van der Waals surface area (Å²) in [5, 5.41) is 10.8. The molecule has 1 atom stereocenters. The zero-order valence-electron chi connectivity index (χ0n) is 14.6. The Hall–Kier alpha value is -1.83. The summed E-state index contributed by atoms with van der Waals surface area (Å²) in [6.45, 7) is 4.54. The first kappa shape index (κ1) is 18.0. The lowest BCUT2D eigenvalue weighted by Gasteiger charge is -2.33. The first-order chi connectivity index (χ1) is 12.1. The topological polar surface area (TPSA) is 71.5 Å². The molecular formula is C18H26N2O5. The standard InChI is InChI=1S/C18H26N2O5/c1-23-15-2-4-16(5-3-15)25-12-17(21)20-7-6-18(22,14-20)13-19-8-10-24-11-9-19/h2-5,22H,6-14H2,1H3/t18-/m1/s1. The van der Waals surface area contributed by atoms with Gasteiger partial charge in [-0.1, -0.05) is 0 Å². The second-order valence-corrected chi connectivity index (χ2v) is 6.64. The number of aliphatic hydroxyl groups is 1. The minimum Gasteiger partial charge on any atom is -0.497 e. The molecule has 0 bridgehead atoms. The lowest BCUT2D eigenvalue weighted by Crippen LogP contribution is -2.49. The van der Waals surface area contributed by atoms with E-state index in [4.69, 9.17) is 14.2 Å². The van der Waals surface area contributed by atoms with Crippen LogP contribution in [0.2, 0.25) is 0 Å². The fourth-order valence-electron chi connectivity index (χ4n) is 3.28. The maximum atomic E-state index is 12.4. The molecule has 2 heterocycles. The molecule has 2 saturated heterocycles. The van der Waals surface area contributed by atoms with E-state index < -0.39 is 5.60 Å². The summed E-state index contributed by atoms with van der Waals surface area (Å²) >= 11 is 0. The van der Waals surface area contributed by atoms with Gasteiger partial charge in [0.2, 0.25) is 0 Å². The quantitative estimate of drug-likeness (QED) is 0.799. The van der Waals surface area contributed by atoms with Crippen molar-refractivity contribution in [2.24, 2.45) is 0 Å². The Morgan fingerprint density at radius 1 is 1.20 bits per heavy atom. The van der Waals surface area contributed by atoms with Gasteiger partial charge >= 0.3 is 0 Å². The van der Waals surface area contributed by atoms with Crippen LogP contribution in [0.25, 0.3) is 0 Å². The lowest BCUT2D eigenvalue weighted by molar-refractivity contribution is -0.133. The van der Waals surface area contributed by atoms with Crippen LogP contribution < -0.4 is 9.47 Å². The van der Waals surface area contributed by atoms with Gasteiger partial charge in [0, 0.05) is 26.2 Å². The van der Waals surface area contributed by atoms with Crippen LogP contribution in [0, 0.1) is 0 Å². The van der Waals surface area contributed by atoms with Crippen LogP contribution in [0.15, 0.2) is 24.3 Å². The molecule has 2 fully saturated rings. The zero-order chi connectivity index (χ0) is 17.7. The molecule has 138 valence electrons. The highest BCUT2D eigenvalue weighted by Gasteiger charge is 2.39. The van der Waals surface area contributed by atoms with Gasteiger partial charge in [0.25, 0.3) is 5.91 Å². The monoisotopic (exact) mass is 350 g/mol. The number of likely N-dealkylation sites (tertiary alicyclic amines) is 1. The molecule has 2 aliphatic rings. The Morgan fingerprint density at radius 3 is 2.56 bits per heavy atom. The Labute approximate surface area is 148 Å². The number of hydrogen-bond donors (Lipinski definition) is 1. The Balaban J connectivity index is 1.46. The van der Waals surface area contributed by atoms with Crippen molar-refractivity contribution in [3.8, 4) is 11.5 Å². The summed E-state index contributed by atoms with van der Waals surface area (Å²) in [4.78, 5) is 16.2. The van der Waals surface area contributed by atoms with Gasteiger partial charge in [0.05, 0.1) is 32.5 Å². The molecule has 2 aliphatic heterocycles. The van der Waals surface area contributed by atoms with Crippen LogP contribution in [0.5, 0.6) is 11.5 Å². The molecule has 7 nitrogen and oxygen atoms in total. The van der Waals surface area contributed by atoms with E-state index in [1.165, 1.54) is 0 Å². The normalized spacial score (nSPS) is 24.3. The molecule has 0 radical (unpaired) electrons. The van der Waals surface area contributed by atoms with Crippen molar-refractivity contribution in [3.05, 3.63) is 24.3 Å². The average molecular weight is 350 g/mol. The summed E-state index contributed by atoms with van der Waals surface area (Å²) in [6.07, 6.45) is 0.596. The van der Waals surface area contributed by atoms with E-state index in [-0.39, 0.29) is 12.5 Å². The average Bonchev–Trinajstić information content (AvgIpc) is 3.03. The lowest BCUT2D eigenvalue weighted by atomic mass is 10.0. The van der Waals surface area contributed by atoms with Gasteiger partial charge in [0.15, 0.2) is 6.61 Å². The van der Waals surface area contributed by atoms with Gasteiger partial charge in [-0.15, -0.1) is 0 Å². The largest absolute Gasteiger partial charge is 0.497 e. The number of methoxy groups -OCH3 is 1. The molecule has 7 heteroatoms. The fourth-order valence-corrected chi connectivity index (χ4v) is 3.28. The van der Waals surface area contributed by atoms with Crippen molar-refractivity contribution in [3.63, 3.8) is 0 Å². The number of carbonyl (C=O) groups excluding carboxylic acids is 1. The highest BCUT2D eigenvalue weighted by Crippen LogP contribution is 2.23. The minimum atomic E-state index is -0.840. The van der Waals surface area contributed by atoms with Crippen molar-refractivity contribution in [1.82, 2.24) is 9.80 Å². The van der Waals surface area contributed by atoms with Gasteiger partial charge in [-0.3, -0.25) is 9.69 Å². The predicted molar refractivity (Wildman–Crippen MR) is 91.9 cm³/mol. The van der Waals surface area contributed by atoms with Gasteiger partial charge in [0.1, 0.15) is 11.5 Å². The Bertz CT molecular complexity index is 573. The van der Waals surface area contributed by atoms with Gasteiger partial charge in [-0.05, 0) is 30.7 Å². The predicted octanol–water partition coefficient (Wildman–Crippen LogP) is 0.370. The number of benzene rings is 1.